The van der Waals surface area contributed by atoms with Crippen LogP contribution in [0.1, 0.15) is 34.6 Å². The molecule has 20 heavy (non-hydrogen) atoms. The first-order chi connectivity index (χ1) is 9.26. The first-order valence-electron chi connectivity index (χ1n) is 7.67. The van der Waals surface area contributed by atoms with Crippen LogP contribution in [-0.2, 0) is 7.05 Å². The van der Waals surface area contributed by atoms with Crippen LogP contribution in [0.2, 0.25) is 12.6 Å². The van der Waals surface area contributed by atoms with E-state index in [1.165, 1.54) is 23.5 Å². The zero-order chi connectivity index (χ0) is 14.9. The third-order valence-corrected chi connectivity index (χ3v) is 3.81. The van der Waals surface area contributed by atoms with Gasteiger partial charge in [0.05, 0.1) is 0 Å². The molecular weight excluding hydrogens is 243 g/mol. The highest BCUT2D eigenvalue weighted by Crippen LogP contribution is 2.25. The minimum Gasteiger partial charge on any atom is -0.336 e. The number of pyridine rings is 1. The Morgan fingerprint density at radius 3 is 2.60 bits per heavy atom. The van der Waals surface area contributed by atoms with Crippen LogP contribution in [-0.4, -0.2) is 16.3 Å². The predicted octanol–water partition coefficient (Wildman–Crippen LogP) is 3.98. The van der Waals surface area contributed by atoms with E-state index in [4.69, 9.17) is 0 Å². The van der Waals surface area contributed by atoms with Gasteiger partial charge in [0.2, 0.25) is 0 Å². The summed E-state index contributed by atoms with van der Waals surface area (Å²) in [6.45, 7) is 12.2. The molecule has 0 aliphatic rings. The molecule has 2 rings (SSSR count). The summed E-state index contributed by atoms with van der Waals surface area (Å²) in [6.07, 6.45) is 6.62. The summed E-state index contributed by atoms with van der Waals surface area (Å²) in [4.78, 5) is 4.66. The molecule has 0 aromatic carbocycles. The van der Waals surface area contributed by atoms with Gasteiger partial charge in [0, 0.05) is 24.8 Å². The molecule has 0 atom stereocenters. The number of hydrogen-bond acceptors (Lipinski definition) is 1. The predicted molar refractivity (Wildman–Crippen MR) is 90.0 cm³/mol. The summed E-state index contributed by atoms with van der Waals surface area (Å²) < 4.78 is 2.08. The summed E-state index contributed by atoms with van der Waals surface area (Å²) in [6, 6.07) is 4.50. The molecule has 2 nitrogen and oxygen atoms in total. The fourth-order valence-electron chi connectivity index (χ4n) is 3.04. The van der Waals surface area contributed by atoms with E-state index in [-0.39, 0.29) is 0 Å². The summed E-state index contributed by atoms with van der Waals surface area (Å²) in [7, 11) is 2.05. The summed E-state index contributed by atoms with van der Waals surface area (Å²) in [5.41, 5.74) is 2.82. The minimum absolute atomic E-state index is 0.352. The molecule has 0 saturated carbocycles. The van der Waals surface area contributed by atoms with Gasteiger partial charge in [-0.05, 0) is 11.5 Å². The van der Waals surface area contributed by atoms with Crippen LogP contribution < -0.4 is 5.46 Å². The topological polar surface area (TPSA) is 17.8 Å². The lowest BCUT2D eigenvalue weighted by molar-refractivity contribution is 0.463. The third-order valence-electron chi connectivity index (χ3n) is 3.81. The van der Waals surface area contributed by atoms with Crippen molar-refractivity contribution in [1.29, 1.82) is 0 Å². The molecular formula is C17H27BN2. The Balaban J connectivity index is 2.34. The van der Waals surface area contributed by atoms with E-state index < -0.39 is 0 Å². The molecule has 0 unspecified atom stereocenters. The molecule has 0 amide bonds. The van der Waals surface area contributed by atoms with Crippen molar-refractivity contribution in [3.05, 3.63) is 24.5 Å². The van der Waals surface area contributed by atoms with E-state index >= 15 is 0 Å². The van der Waals surface area contributed by atoms with Gasteiger partial charge in [-0.2, -0.15) is 0 Å². The molecule has 3 heteroatoms. The maximum Gasteiger partial charge on any atom is 0.178 e. The first kappa shape index (κ1) is 15.1. The maximum absolute atomic E-state index is 4.66. The Hall–Kier alpha value is -1.25. The van der Waals surface area contributed by atoms with E-state index in [0.29, 0.717) is 18.0 Å². The second-order valence-corrected chi connectivity index (χ2v) is 7.70. The monoisotopic (exact) mass is 270 g/mol. The largest absolute Gasteiger partial charge is 0.336 e. The van der Waals surface area contributed by atoms with E-state index in [9.17, 15) is 0 Å². The summed E-state index contributed by atoms with van der Waals surface area (Å²) >= 11 is 0. The molecule has 108 valence electrons. The molecule has 0 aliphatic carbocycles. The van der Waals surface area contributed by atoms with Crippen LogP contribution in [0.25, 0.3) is 11.0 Å². The van der Waals surface area contributed by atoms with Crippen LogP contribution in [0.4, 0.5) is 0 Å². The first-order valence-corrected chi connectivity index (χ1v) is 7.67. The van der Waals surface area contributed by atoms with Crippen molar-refractivity contribution in [2.45, 2.75) is 47.3 Å². The molecule has 0 fully saturated rings. The van der Waals surface area contributed by atoms with Crippen molar-refractivity contribution in [2.75, 3.05) is 0 Å². The number of rotatable bonds is 4. The highest BCUT2D eigenvalue weighted by atomic mass is 15.0. The van der Waals surface area contributed by atoms with Gasteiger partial charge in [-0.15, -0.1) is 0 Å². The van der Waals surface area contributed by atoms with Gasteiger partial charge >= 0.3 is 0 Å². The third kappa shape index (κ3) is 3.65. The van der Waals surface area contributed by atoms with Gasteiger partial charge in [-0.3, -0.25) is 0 Å². The lowest BCUT2D eigenvalue weighted by Gasteiger charge is -2.25. The molecule has 2 aromatic rings. The Labute approximate surface area is 123 Å². The highest BCUT2D eigenvalue weighted by Gasteiger charge is 2.25. The van der Waals surface area contributed by atoms with Gasteiger partial charge in [0.15, 0.2) is 6.71 Å². The van der Waals surface area contributed by atoms with Gasteiger partial charge in [0.1, 0.15) is 5.65 Å². The standard InChI is InChI=1S/C17H27BN2/c1-13(2)10-18(12-17(3,4)5)15-9-14-7-8-20(6)16(14)19-11-15/h7-9,11,13H,10,12H2,1-6H3. The zero-order valence-electron chi connectivity index (χ0n) is 13.8. The number of aryl methyl sites for hydroxylation is 1. The Kier molecular flexibility index (Phi) is 4.26. The Bertz CT molecular complexity index is 578. The lowest BCUT2D eigenvalue weighted by Crippen LogP contribution is -2.35. The molecule has 0 radical (unpaired) electrons. The van der Waals surface area contributed by atoms with Crippen molar-refractivity contribution < 1.29 is 0 Å². The number of aromatic nitrogens is 2. The van der Waals surface area contributed by atoms with E-state index in [2.05, 4.69) is 75.7 Å². The molecule has 2 heterocycles. The summed E-state index contributed by atoms with van der Waals surface area (Å²) in [5, 5.41) is 1.26. The smallest absolute Gasteiger partial charge is 0.178 e. The zero-order valence-corrected chi connectivity index (χ0v) is 13.8. The fraction of sp³-hybridized carbons (Fsp3) is 0.588. The fourth-order valence-corrected chi connectivity index (χ4v) is 3.04. The van der Waals surface area contributed by atoms with Crippen LogP contribution in [0, 0.1) is 11.3 Å². The SMILES string of the molecule is CC(C)CB(CC(C)(C)C)c1cnc2c(ccn2C)c1. The average molecular weight is 270 g/mol. The lowest BCUT2D eigenvalue weighted by atomic mass is 9.36. The van der Waals surface area contributed by atoms with Crippen LogP contribution in [0.15, 0.2) is 24.5 Å². The maximum atomic E-state index is 4.66. The van der Waals surface area contributed by atoms with Crippen molar-refractivity contribution in [3.8, 4) is 0 Å². The van der Waals surface area contributed by atoms with Crippen molar-refractivity contribution in [1.82, 2.24) is 9.55 Å². The quantitative estimate of drug-likeness (QED) is 0.768. The Morgan fingerprint density at radius 1 is 1.30 bits per heavy atom. The molecule has 0 N–H and O–H groups in total. The Morgan fingerprint density at radius 2 is 2.00 bits per heavy atom. The van der Waals surface area contributed by atoms with Crippen LogP contribution in [0.5, 0.6) is 0 Å². The molecule has 0 aliphatic heterocycles. The molecule has 0 bridgehead atoms. The van der Waals surface area contributed by atoms with Crippen molar-refractivity contribution >= 4 is 23.2 Å². The normalized spacial score (nSPS) is 12.3. The average Bonchev–Trinajstić information content (AvgIpc) is 2.67. The van der Waals surface area contributed by atoms with Crippen molar-refractivity contribution in [2.24, 2.45) is 18.4 Å². The second kappa shape index (κ2) is 5.63. The van der Waals surface area contributed by atoms with Gasteiger partial charge < -0.3 is 4.57 Å². The van der Waals surface area contributed by atoms with Gasteiger partial charge in [0.25, 0.3) is 0 Å². The van der Waals surface area contributed by atoms with E-state index in [1.807, 2.05) is 0 Å². The number of nitrogens with zero attached hydrogens (tertiary/aromatic N) is 2. The molecule has 0 saturated heterocycles. The highest BCUT2D eigenvalue weighted by molar-refractivity contribution is 6.73. The minimum atomic E-state index is 0.352. The van der Waals surface area contributed by atoms with E-state index in [0.717, 1.165) is 5.65 Å². The van der Waals surface area contributed by atoms with Crippen molar-refractivity contribution in [3.63, 3.8) is 0 Å². The summed E-state index contributed by atoms with van der Waals surface area (Å²) in [5.74, 6) is 0.717. The van der Waals surface area contributed by atoms with Gasteiger partial charge in [-0.1, -0.05) is 64.7 Å². The van der Waals surface area contributed by atoms with Gasteiger partial charge in [-0.25, -0.2) is 4.98 Å². The number of fused-ring (bicyclic) bond motifs is 1. The number of hydrogen-bond donors (Lipinski definition) is 0. The van der Waals surface area contributed by atoms with E-state index in [1.54, 1.807) is 0 Å². The molecule has 2 aromatic heterocycles. The molecule has 0 spiro atoms. The van der Waals surface area contributed by atoms with Crippen LogP contribution >= 0.6 is 0 Å². The second-order valence-electron chi connectivity index (χ2n) is 7.70. The van der Waals surface area contributed by atoms with Crippen LogP contribution in [0.3, 0.4) is 0 Å².